The Hall–Kier alpha value is -3.29. The predicted molar refractivity (Wildman–Crippen MR) is 101 cm³/mol. The maximum absolute atomic E-state index is 14.2. The second-order valence-corrected chi connectivity index (χ2v) is 6.28. The number of halogens is 1. The zero-order chi connectivity index (χ0) is 20.7. The number of hydrogen-bond donors (Lipinski definition) is 1. The highest BCUT2D eigenvalue weighted by Crippen LogP contribution is 2.27. The zero-order valence-corrected chi connectivity index (χ0v) is 15.4. The molecule has 0 radical (unpaired) electrons. The first kappa shape index (κ1) is 21.0. The lowest BCUT2D eigenvalue weighted by Crippen LogP contribution is -2.31. The normalized spacial score (nSPS) is 10.5. The van der Waals surface area contributed by atoms with E-state index in [9.17, 15) is 29.2 Å². The summed E-state index contributed by atoms with van der Waals surface area (Å²) in [6.07, 6.45) is 0.755. The second-order valence-electron chi connectivity index (χ2n) is 6.28. The molecule has 8 heteroatoms. The van der Waals surface area contributed by atoms with Crippen molar-refractivity contribution in [2.75, 3.05) is 11.4 Å². The van der Waals surface area contributed by atoms with Crippen LogP contribution in [0.2, 0.25) is 0 Å². The number of carbonyl (C=O) groups excluding carboxylic acids is 1. The molecule has 0 atom stereocenters. The van der Waals surface area contributed by atoms with Gasteiger partial charge in [0.2, 0.25) is 12.5 Å². The van der Waals surface area contributed by atoms with Crippen LogP contribution in [0.5, 0.6) is 0 Å². The van der Waals surface area contributed by atoms with E-state index in [4.69, 9.17) is 0 Å². The number of carboxylic acids is 1. The summed E-state index contributed by atoms with van der Waals surface area (Å²) in [5, 5.41) is 20.1. The van der Waals surface area contributed by atoms with Gasteiger partial charge in [0.05, 0.1) is 12.1 Å². The number of carbonyl (C=O) groups is 2. The van der Waals surface area contributed by atoms with Crippen LogP contribution in [-0.4, -0.2) is 28.5 Å². The van der Waals surface area contributed by atoms with E-state index < -0.39 is 16.7 Å². The SMILES string of the molecule is CCCC(=O)N(Cc1ccccc1F)c1cc(C(=O)O)ccc1CC[N+](=O)[O-]. The van der Waals surface area contributed by atoms with Crippen LogP contribution in [0.1, 0.15) is 41.3 Å². The monoisotopic (exact) mass is 388 g/mol. The predicted octanol–water partition coefficient (Wildman–Crippen LogP) is 3.68. The van der Waals surface area contributed by atoms with Gasteiger partial charge in [-0.3, -0.25) is 14.9 Å². The number of aromatic carboxylic acids is 1. The minimum Gasteiger partial charge on any atom is -0.478 e. The number of carboxylic acid groups (broad SMARTS) is 1. The number of nitrogens with zero attached hydrogens (tertiary/aromatic N) is 2. The quantitative estimate of drug-likeness (QED) is 0.522. The van der Waals surface area contributed by atoms with Crippen molar-refractivity contribution < 1.29 is 24.0 Å². The summed E-state index contributed by atoms with van der Waals surface area (Å²) in [6, 6.07) is 10.1. The number of amides is 1. The van der Waals surface area contributed by atoms with Crippen molar-refractivity contribution in [2.45, 2.75) is 32.7 Å². The molecular formula is C20H21FN2O5. The van der Waals surface area contributed by atoms with E-state index in [-0.39, 0.29) is 48.7 Å². The number of benzene rings is 2. The van der Waals surface area contributed by atoms with Gasteiger partial charge in [-0.25, -0.2) is 9.18 Å². The van der Waals surface area contributed by atoms with E-state index in [2.05, 4.69) is 0 Å². The largest absolute Gasteiger partial charge is 0.478 e. The Morgan fingerprint density at radius 1 is 1.18 bits per heavy atom. The van der Waals surface area contributed by atoms with E-state index in [0.717, 1.165) is 0 Å². The van der Waals surface area contributed by atoms with E-state index in [1.54, 1.807) is 12.1 Å². The molecule has 0 bridgehead atoms. The summed E-state index contributed by atoms with van der Waals surface area (Å²) >= 11 is 0. The number of rotatable bonds is 9. The molecule has 0 unspecified atom stereocenters. The van der Waals surface area contributed by atoms with Crippen LogP contribution in [0.4, 0.5) is 10.1 Å². The third-order valence-corrected chi connectivity index (χ3v) is 4.24. The van der Waals surface area contributed by atoms with Crippen LogP contribution in [0.3, 0.4) is 0 Å². The lowest BCUT2D eigenvalue weighted by molar-refractivity contribution is -0.479. The Morgan fingerprint density at radius 2 is 1.89 bits per heavy atom. The van der Waals surface area contributed by atoms with E-state index in [1.165, 1.54) is 35.2 Å². The van der Waals surface area contributed by atoms with Gasteiger partial charge >= 0.3 is 5.97 Å². The molecule has 0 heterocycles. The van der Waals surface area contributed by atoms with Crippen LogP contribution in [-0.2, 0) is 17.8 Å². The van der Waals surface area contributed by atoms with Crippen LogP contribution < -0.4 is 4.90 Å². The molecule has 0 aromatic heterocycles. The summed E-state index contributed by atoms with van der Waals surface area (Å²) in [6.45, 7) is 1.36. The van der Waals surface area contributed by atoms with Gasteiger partial charge in [-0.15, -0.1) is 0 Å². The van der Waals surface area contributed by atoms with E-state index in [0.29, 0.717) is 12.0 Å². The standard InChI is InChI=1S/C20H21FN2O5/c1-2-5-19(24)22(13-16-6-3-4-7-17(16)21)18-12-15(20(25)26)9-8-14(18)10-11-23(27)28/h3-4,6-9,12H,2,5,10-11,13H2,1H3,(H,25,26). The Bertz CT molecular complexity index is 885. The maximum atomic E-state index is 14.2. The fourth-order valence-electron chi connectivity index (χ4n) is 2.82. The third kappa shape index (κ3) is 5.35. The van der Waals surface area contributed by atoms with Gasteiger partial charge in [0.25, 0.3) is 0 Å². The lowest BCUT2D eigenvalue weighted by atomic mass is 10.0. The molecule has 28 heavy (non-hydrogen) atoms. The van der Waals surface area contributed by atoms with Crippen LogP contribution >= 0.6 is 0 Å². The van der Waals surface area contributed by atoms with Gasteiger partial charge in [-0.1, -0.05) is 31.2 Å². The van der Waals surface area contributed by atoms with Crippen molar-refractivity contribution in [1.82, 2.24) is 0 Å². The van der Waals surface area contributed by atoms with Crippen molar-refractivity contribution in [3.05, 3.63) is 75.1 Å². The van der Waals surface area contributed by atoms with Crippen molar-refractivity contribution in [1.29, 1.82) is 0 Å². The second kappa shape index (κ2) is 9.59. The highest BCUT2D eigenvalue weighted by molar-refractivity contribution is 5.96. The van der Waals surface area contributed by atoms with Crippen LogP contribution in [0, 0.1) is 15.9 Å². The van der Waals surface area contributed by atoms with E-state index >= 15 is 0 Å². The van der Waals surface area contributed by atoms with Crippen molar-refractivity contribution >= 4 is 17.6 Å². The zero-order valence-electron chi connectivity index (χ0n) is 15.4. The number of nitro groups is 1. The summed E-state index contributed by atoms with van der Waals surface area (Å²) < 4.78 is 14.2. The fourth-order valence-corrected chi connectivity index (χ4v) is 2.82. The average Bonchev–Trinajstić information content (AvgIpc) is 2.65. The summed E-state index contributed by atoms with van der Waals surface area (Å²) in [5.74, 6) is -1.98. The minimum absolute atomic E-state index is 0.0232. The molecule has 2 aromatic rings. The Labute approximate surface area is 161 Å². The first-order chi connectivity index (χ1) is 13.3. The molecule has 0 fully saturated rings. The van der Waals surface area contributed by atoms with Gasteiger partial charge in [0.15, 0.2) is 0 Å². The molecule has 0 saturated heterocycles. The average molecular weight is 388 g/mol. The molecule has 1 amide bonds. The molecular weight excluding hydrogens is 367 g/mol. The Kier molecular flexibility index (Phi) is 7.20. The van der Waals surface area contributed by atoms with Gasteiger partial charge in [0.1, 0.15) is 5.82 Å². The molecule has 148 valence electrons. The van der Waals surface area contributed by atoms with Gasteiger partial charge in [-0.2, -0.15) is 0 Å². The highest BCUT2D eigenvalue weighted by Gasteiger charge is 2.22. The molecule has 0 aliphatic carbocycles. The molecule has 0 aliphatic rings. The molecule has 0 spiro atoms. The smallest absolute Gasteiger partial charge is 0.335 e. The topological polar surface area (TPSA) is 101 Å². The third-order valence-electron chi connectivity index (χ3n) is 4.24. The van der Waals surface area contributed by atoms with Gasteiger partial charge in [0, 0.05) is 29.0 Å². The first-order valence-corrected chi connectivity index (χ1v) is 8.85. The van der Waals surface area contributed by atoms with Gasteiger partial charge < -0.3 is 10.0 Å². The fraction of sp³-hybridized carbons (Fsp3) is 0.300. The van der Waals surface area contributed by atoms with Crippen LogP contribution in [0.25, 0.3) is 0 Å². The summed E-state index contributed by atoms with van der Waals surface area (Å²) in [4.78, 5) is 35.8. The Balaban J connectivity index is 2.53. The van der Waals surface area contributed by atoms with E-state index in [1.807, 2.05) is 6.92 Å². The summed E-state index contributed by atoms with van der Waals surface area (Å²) in [7, 11) is 0. The Morgan fingerprint density at radius 3 is 2.50 bits per heavy atom. The summed E-state index contributed by atoms with van der Waals surface area (Å²) in [5.41, 5.74) is 0.932. The van der Waals surface area contributed by atoms with Crippen LogP contribution in [0.15, 0.2) is 42.5 Å². The molecule has 7 nitrogen and oxygen atoms in total. The molecule has 2 aromatic carbocycles. The van der Waals surface area contributed by atoms with Crippen molar-refractivity contribution in [3.63, 3.8) is 0 Å². The lowest BCUT2D eigenvalue weighted by Gasteiger charge is -2.26. The first-order valence-electron chi connectivity index (χ1n) is 8.85. The highest BCUT2D eigenvalue weighted by atomic mass is 19.1. The number of hydrogen-bond acceptors (Lipinski definition) is 4. The minimum atomic E-state index is -1.18. The molecule has 2 rings (SSSR count). The molecule has 1 N–H and O–H groups in total. The molecule has 0 saturated carbocycles. The molecule has 0 aliphatic heterocycles. The van der Waals surface area contributed by atoms with Crippen molar-refractivity contribution in [2.24, 2.45) is 0 Å². The maximum Gasteiger partial charge on any atom is 0.335 e. The van der Waals surface area contributed by atoms with Crippen molar-refractivity contribution in [3.8, 4) is 0 Å². The number of anilines is 1. The van der Waals surface area contributed by atoms with Gasteiger partial charge in [-0.05, 0) is 30.2 Å².